The minimum absolute atomic E-state index is 0.0203. The van der Waals surface area contributed by atoms with Crippen LogP contribution in [0.1, 0.15) is 21.6 Å². The Balaban J connectivity index is 1.94. The van der Waals surface area contributed by atoms with E-state index >= 15 is 0 Å². The predicted molar refractivity (Wildman–Crippen MR) is 107 cm³/mol. The highest BCUT2D eigenvalue weighted by molar-refractivity contribution is 7.89. The Morgan fingerprint density at radius 3 is 2.24 bits per heavy atom. The maximum Gasteiger partial charge on any atom is 0.335 e. The first-order valence-electron chi connectivity index (χ1n) is 8.76. The largest absolute Gasteiger partial charge is 0.497 e. The van der Waals surface area contributed by atoms with Gasteiger partial charge in [0, 0.05) is 12.7 Å². The van der Waals surface area contributed by atoms with E-state index in [1.807, 2.05) is 0 Å². The number of aromatic nitrogens is 1. The molecule has 1 aromatic heterocycles. The topological polar surface area (TPSA) is 96.8 Å². The molecule has 8 heteroatoms. The molecule has 0 atom stereocenters. The molecule has 1 heterocycles. The molecule has 3 rings (SSSR count). The van der Waals surface area contributed by atoms with E-state index in [1.54, 1.807) is 55.8 Å². The van der Waals surface area contributed by atoms with Crippen LogP contribution in [0.3, 0.4) is 0 Å². The number of methoxy groups -OCH3 is 1. The van der Waals surface area contributed by atoms with E-state index in [9.17, 15) is 13.2 Å². The minimum atomic E-state index is -3.89. The van der Waals surface area contributed by atoms with Gasteiger partial charge in [-0.15, -0.1) is 0 Å². The summed E-state index contributed by atoms with van der Waals surface area (Å²) >= 11 is 0. The van der Waals surface area contributed by atoms with Gasteiger partial charge in [-0.25, -0.2) is 13.2 Å². The molecule has 0 aliphatic carbocycles. The zero-order valence-corrected chi connectivity index (χ0v) is 16.5. The summed E-state index contributed by atoms with van der Waals surface area (Å²) in [6.45, 7) is 0.208. The lowest BCUT2D eigenvalue weighted by Gasteiger charge is -2.22. The van der Waals surface area contributed by atoms with Crippen LogP contribution in [0, 0.1) is 0 Å². The van der Waals surface area contributed by atoms with Crippen molar-refractivity contribution in [1.29, 1.82) is 0 Å². The van der Waals surface area contributed by atoms with E-state index in [1.165, 1.54) is 28.6 Å². The van der Waals surface area contributed by atoms with Crippen molar-refractivity contribution in [3.8, 4) is 5.75 Å². The van der Waals surface area contributed by atoms with Gasteiger partial charge in [-0.3, -0.25) is 4.98 Å². The zero-order valence-electron chi connectivity index (χ0n) is 15.7. The van der Waals surface area contributed by atoms with Gasteiger partial charge in [0.2, 0.25) is 10.0 Å². The Morgan fingerprint density at radius 1 is 1.00 bits per heavy atom. The fourth-order valence-electron chi connectivity index (χ4n) is 2.75. The number of ether oxygens (including phenoxy) is 1. The van der Waals surface area contributed by atoms with Crippen LogP contribution in [-0.2, 0) is 23.1 Å². The number of hydrogen-bond acceptors (Lipinski definition) is 5. The fraction of sp³-hybridized carbons (Fsp3) is 0.143. The van der Waals surface area contributed by atoms with Gasteiger partial charge in [0.25, 0.3) is 0 Å². The lowest BCUT2D eigenvalue weighted by molar-refractivity contribution is 0.0696. The number of nitrogens with zero attached hydrogens (tertiary/aromatic N) is 2. The van der Waals surface area contributed by atoms with Crippen molar-refractivity contribution >= 4 is 16.0 Å². The van der Waals surface area contributed by atoms with Crippen molar-refractivity contribution in [1.82, 2.24) is 9.29 Å². The first-order valence-corrected chi connectivity index (χ1v) is 10.2. The van der Waals surface area contributed by atoms with Crippen LogP contribution in [0.15, 0.2) is 77.8 Å². The predicted octanol–water partition coefficient (Wildman–Crippen LogP) is 3.18. The van der Waals surface area contributed by atoms with Crippen LogP contribution in [0.2, 0.25) is 0 Å². The van der Waals surface area contributed by atoms with Gasteiger partial charge in [0.1, 0.15) is 5.75 Å². The molecule has 29 heavy (non-hydrogen) atoms. The first kappa shape index (κ1) is 20.5. The summed E-state index contributed by atoms with van der Waals surface area (Å²) in [5.41, 5.74) is 1.41. The summed E-state index contributed by atoms with van der Waals surface area (Å²) in [5.74, 6) is -0.435. The SMILES string of the molecule is COc1ccc(CN(Cc2ccccn2)S(=O)(=O)c2ccc(C(=O)O)cc2)cc1. The third-order valence-electron chi connectivity index (χ3n) is 4.32. The Hall–Kier alpha value is -3.23. The highest BCUT2D eigenvalue weighted by atomic mass is 32.2. The van der Waals surface area contributed by atoms with E-state index in [0.29, 0.717) is 11.4 Å². The van der Waals surface area contributed by atoms with Crippen molar-refractivity contribution in [3.63, 3.8) is 0 Å². The molecule has 150 valence electrons. The van der Waals surface area contributed by atoms with Crippen LogP contribution in [-0.4, -0.2) is 35.9 Å². The highest BCUT2D eigenvalue weighted by Gasteiger charge is 2.25. The van der Waals surface area contributed by atoms with E-state index in [2.05, 4.69) is 4.98 Å². The summed E-state index contributed by atoms with van der Waals surface area (Å²) in [7, 11) is -2.32. The highest BCUT2D eigenvalue weighted by Crippen LogP contribution is 2.22. The van der Waals surface area contributed by atoms with Crippen molar-refractivity contribution < 1.29 is 23.1 Å². The Labute approximate surface area is 169 Å². The summed E-state index contributed by atoms with van der Waals surface area (Å²) in [6, 6.07) is 17.6. The van der Waals surface area contributed by atoms with Gasteiger partial charge >= 0.3 is 5.97 Å². The number of benzene rings is 2. The Bertz CT molecular complexity index is 1070. The van der Waals surface area contributed by atoms with Crippen molar-refractivity contribution in [3.05, 3.63) is 89.7 Å². The molecule has 1 N–H and O–H groups in total. The normalized spacial score (nSPS) is 11.4. The molecule has 7 nitrogen and oxygen atoms in total. The maximum absolute atomic E-state index is 13.3. The lowest BCUT2D eigenvalue weighted by atomic mass is 10.2. The van der Waals surface area contributed by atoms with Gasteiger partial charge in [0.15, 0.2) is 0 Å². The van der Waals surface area contributed by atoms with E-state index in [4.69, 9.17) is 9.84 Å². The van der Waals surface area contributed by atoms with Gasteiger partial charge in [0.05, 0.1) is 29.8 Å². The Morgan fingerprint density at radius 2 is 1.69 bits per heavy atom. The summed E-state index contributed by atoms with van der Waals surface area (Å²) in [6.07, 6.45) is 1.61. The smallest absolute Gasteiger partial charge is 0.335 e. The molecular formula is C21H20N2O5S. The van der Waals surface area contributed by atoms with Crippen molar-refractivity contribution in [2.45, 2.75) is 18.0 Å². The van der Waals surface area contributed by atoms with Gasteiger partial charge in [-0.1, -0.05) is 18.2 Å². The molecule has 0 saturated heterocycles. The van der Waals surface area contributed by atoms with Gasteiger partial charge < -0.3 is 9.84 Å². The number of pyridine rings is 1. The molecule has 0 amide bonds. The number of carboxylic acids is 1. The fourth-order valence-corrected chi connectivity index (χ4v) is 4.15. The minimum Gasteiger partial charge on any atom is -0.497 e. The number of carbonyl (C=O) groups is 1. The van der Waals surface area contributed by atoms with Gasteiger partial charge in [-0.2, -0.15) is 4.31 Å². The molecule has 0 saturated carbocycles. The molecule has 0 radical (unpaired) electrons. The average molecular weight is 412 g/mol. The van der Waals surface area contributed by atoms with Crippen LogP contribution >= 0.6 is 0 Å². The molecule has 2 aromatic carbocycles. The monoisotopic (exact) mass is 412 g/mol. The second-order valence-electron chi connectivity index (χ2n) is 6.27. The number of carboxylic acid groups (broad SMARTS) is 1. The molecule has 0 unspecified atom stereocenters. The summed E-state index contributed by atoms with van der Waals surface area (Å²) < 4.78 is 33.0. The summed E-state index contributed by atoms with van der Waals surface area (Å²) in [5, 5.41) is 9.04. The molecule has 0 spiro atoms. The standard InChI is InChI=1S/C21H20N2O5S/c1-28-19-9-5-16(6-10-19)14-23(15-18-4-2-3-13-22-18)29(26,27)20-11-7-17(8-12-20)21(24)25/h2-13H,14-15H2,1H3,(H,24,25). The quantitative estimate of drug-likeness (QED) is 0.610. The number of sulfonamides is 1. The average Bonchev–Trinajstić information content (AvgIpc) is 2.74. The molecular weight excluding hydrogens is 392 g/mol. The maximum atomic E-state index is 13.3. The zero-order chi connectivity index (χ0) is 20.9. The van der Waals surface area contributed by atoms with E-state index in [0.717, 1.165) is 5.56 Å². The van der Waals surface area contributed by atoms with Crippen LogP contribution < -0.4 is 4.74 Å². The first-order chi connectivity index (χ1) is 13.9. The third-order valence-corrected chi connectivity index (χ3v) is 6.13. The molecule has 0 aliphatic heterocycles. The molecule has 3 aromatic rings. The van der Waals surface area contributed by atoms with Crippen molar-refractivity contribution in [2.24, 2.45) is 0 Å². The molecule has 0 fully saturated rings. The van der Waals surface area contributed by atoms with Gasteiger partial charge in [-0.05, 0) is 54.1 Å². The number of rotatable bonds is 8. The second-order valence-corrected chi connectivity index (χ2v) is 8.21. The second kappa shape index (κ2) is 8.85. The van der Waals surface area contributed by atoms with Crippen LogP contribution in [0.5, 0.6) is 5.75 Å². The third kappa shape index (κ3) is 4.98. The van der Waals surface area contributed by atoms with Crippen molar-refractivity contribution in [2.75, 3.05) is 7.11 Å². The van der Waals surface area contributed by atoms with Crippen LogP contribution in [0.4, 0.5) is 0 Å². The van der Waals surface area contributed by atoms with Crippen LogP contribution in [0.25, 0.3) is 0 Å². The Kier molecular flexibility index (Phi) is 6.26. The van der Waals surface area contributed by atoms with E-state index < -0.39 is 16.0 Å². The number of hydrogen-bond donors (Lipinski definition) is 1. The lowest BCUT2D eigenvalue weighted by Crippen LogP contribution is -2.30. The molecule has 0 bridgehead atoms. The number of aromatic carboxylic acids is 1. The molecule has 0 aliphatic rings. The van der Waals surface area contributed by atoms with E-state index in [-0.39, 0.29) is 23.5 Å². The summed E-state index contributed by atoms with van der Waals surface area (Å²) in [4.78, 5) is 15.3.